The molecule has 1 atom stereocenters. The maximum Gasteiger partial charge on any atom is 0.291 e. The van der Waals surface area contributed by atoms with E-state index in [4.69, 9.17) is 4.74 Å². The van der Waals surface area contributed by atoms with E-state index in [1.165, 1.54) is 4.90 Å². The Morgan fingerprint density at radius 2 is 1.80 bits per heavy atom. The number of benzene rings is 2. The van der Waals surface area contributed by atoms with E-state index in [0.29, 0.717) is 6.61 Å². The van der Waals surface area contributed by atoms with Gasteiger partial charge in [-0.2, -0.15) is 0 Å². The molecule has 0 bridgehead atoms. The fourth-order valence-corrected chi connectivity index (χ4v) is 3.59. The molecule has 0 radical (unpaired) electrons. The molecule has 3 rings (SSSR count). The van der Waals surface area contributed by atoms with Crippen LogP contribution in [0, 0.1) is 0 Å². The number of thioether (sulfide) groups is 1. The molecule has 1 aliphatic heterocycles. The molecule has 130 valence electrons. The Morgan fingerprint density at radius 1 is 1.12 bits per heavy atom. The van der Waals surface area contributed by atoms with Gasteiger partial charge in [0.05, 0.1) is 13.2 Å². The van der Waals surface area contributed by atoms with Crippen LogP contribution in [0.2, 0.25) is 0 Å². The first kappa shape index (κ1) is 17.8. The predicted octanol–water partition coefficient (Wildman–Crippen LogP) is 4.48. The number of halogens is 1. The van der Waals surface area contributed by atoms with E-state index in [2.05, 4.69) is 21.2 Å². The molecule has 0 unspecified atom stereocenters. The Hall–Kier alpha value is -1.99. The molecule has 1 heterocycles. The van der Waals surface area contributed by atoms with Crippen molar-refractivity contribution in [3.63, 3.8) is 0 Å². The average molecular weight is 421 g/mol. The van der Waals surface area contributed by atoms with Gasteiger partial charge in [-0.15, -0.1) is 0 Å². The highest BCUT2D eigenvalue weighted by atomic mass is 79.9. The van der Waals surface area contributed by atoms with E-state index >= 15 is 0 Å². The molecule has 5 nitrogen and oxygen atoms in total. The number of carbonyl (C=O) groups excluding carboxylic acids is 2. The van der Waals surface area contributed by atoms with Gasteiger partial charge < -0.3 is 10.1 Å². The van der Waals surface area contributed by atoms with Gasteiger partial charge in [0.1, 0.15) is 5.75 Å². The normalized spacial score (nSPS) is 17.0. The SMILES string of the molecule is CCOc1ccc(N[C@H]2SC(=O)N(Cc3ccc(Br)cc3)C2=O)cc1. The molecule has 0 aromatic heterocycles. The van der Waals surface area contributed by atoms with Crippen LogP contribution in [0.1, 0.15) is 12.5 Å². The Bertz CT molecular complexity index is 765. The van der Waals surface area contributed by atoms with Gasteiger partial charge in [0.25, 0.3) is 11.1 Å². The van der Waals surface area contributed by atoms with Crippen molar-refractivity contribution in [3.8, 4) is 5.75 Å². The minimum Gasteiger partial charge on any atom is -0.494 e. The van der Waals surface area contributed by atoms with Gasteiger partial charge in [-0.1, -0.05) is 28.1 Å². The summed E-state index contributed by atoms with van der Waals surface area (Å²) in [6.07, 6.45) is 0. The third-order valence-electron chi connectivity index (χ3n) is 3.65. The van der Waals surface area contributed by atoms with E-state index in [1.54, 1.807) is 0 Å². The molecule has 1 aliphatic rings. The molecule has 1 fully saturated rings. The fraction of sp³-hybridized carbons (Fsp3) is 0.222. The van der Waals surface area contributed by atoms with Crippen molar-refractivity contribution in [1.29, 1.82) is 0 Å². The van der Waals surface area contributed by atoms with Crippen molar-refractivity contribution in [3.05, 3.63) is 58.6 Å². The third kappa shape index (κ3) is 4.35. The van der Waals surface area contributed by atoms with Gasteiger partial charge in [-0.25, -0.2) is 0 Å². The Labute approximate surface area is 158 Å². The summed E-state index contributed by atoms with van der Waals surface area (Å²) in [5.41, 5.74) is 1.68. The summed E-state index contributed by atoms with van der Waals surface area (Å²) in [6, 6.07) is 14.9. The number of carbonyl (C=O) groups is 2. The number of amides is 2. The first-order chi connectivity index (χ1) is 12.1. The highest BCUT2D eigenvalue weighted by molar-refractivity contribution is 9.10. The number of imide groups is 1. The van der Waals surface area contributed by atoms with Crippen molar-refractivity contribution in [2.24, 2.45) is 0 Å². The van der Waals surface area contributed by atoms with Crippen molar-refractivity contribution >= 4 is 44.5 Å². The second-order valence-electron chi connectivity index (χ2n) is 5.42. The zero-order valence-corrected chi connectivity index (χ0v) is 16.0. The van der Waals surface area contributed by atoms with Crippen LogP contribution in [-0.4, -0.2) is 28.0 Å². The molecule has 0 spiro atoms. The number of hydrogen-bond acceptors (Lipinski definition) is 5. The monoisotopic (exact) mass is 420 g/mol. The summed E-state index contributed by atoms with van der Waals surface area (Å²) in [5.74, 6) is 0.540. The molecule has 1 N–H and O–H groups in total. The van der Waals surface area contributed by atoms with E-state index in [0.717, 1.165) is 33.2 Å². The van der Waals surface area contributed by atoms with Crippen LogP contribution >= 0.6 is 27.7 Å². The molecular weight excluding hydrogens is 404 g/mol. The lowest BCUT2D eigenvalue weighted by atomic mass is 10.2. The Morgan fingerprint density at radius 3 is 2.44 bits per heavy atom. The molecule has 0 saturated carbocycles. The summed E-state index contributed by atoms with van der Waals surface area (Å²) < 4.78 is 6.35. The highest BCUT2D eigenvalue weighted by Gasteiger charge is 2.39. The molecule has 1 saturated heterocycles. The third-order valence-corrected chi connectivity index (χ3v) is 5.15. The second kappa shape index (κ2) is 7.93. The van der Waals surface area contributed by atoms with E-state index in [9.17, 15) is 9.59 Å². The number of ether oxygens (including phenoxy) is 1. The van der Waals surface area contributed by atoms with E-state index in [1.807, 2.05) is 55.5 Å². The number of nitrogens with zero attached hydrogens (tertiary/aromatic N) is 1. The number of anilines is 1. The van der Waals surface area contributed by atoms with Crippen LogP contribution in [-0.2, 0) is 11.3 Å². The zero-order valence-electron chi connectivity index (χ0n) is 13.6. The van der Waals surface area contributed by atoms with Gasteiger partial charge in [0.2, 0.25) is 0 Å². The van der Waals surface area contributed by atoms with Gasteiger partial charge in [0.15, 0.2) is 5.37 Å². The highest BCUT2D eigenvalue weighted by Crippen LogP contribution is 2.30. The first-order valence-corrected chi connectivity index (χ1v) is 9.50. The molecule has 2 aromatic rings. The lowest BCUT2D eigenvalue weighted by molar-refractivity contribution is -0.126. The van der Waals surface area contributed by atoms with E-state index in [-0.39, 0.29) is 17.7 Å². The van der Waals surface area contributed by atoms with Crippen LogP contribution in [0.4, 0.5) is 10.5 Å². The van der Waals surface area contributed by atoms with Gasteiger partial charge >= 0.3 is 0 Å². The quantitative estimate of drug-likeness (QED) is 0.746. The predicted molar refractivity (Wildman–Crippen MR) is 103 cm³/mol. The van der Waals surface area contributed by atoms with Crippen molar-refractivity contribution in [2.45, 2.75) is 18.8 Å². The smallest absolute Gasteiger partial charge is 0.291 e. The lowest BCUT2D eigenvalue weighted by Gasteiger charge is -2.15. The van der Waals surface area contributed by atoms with Crippen molar-refractivity contribution < 1.29 is 14.3 Å². The molecule has 7 heteroatoms. The zero-order chi connectivity index (χ0) is 17.8. The molecule has 0 aliphatic carbocycles. The summed E-state index contributed by atoms with van der Waals surface area (Å²) in [6.45, 7) is 2.80. The standard InChI is InChI=1S/C18H17BrN2O3S/c1-2-24-15-9-7-14(8-10-15)20-16-17(22)21(18(23)25-16)11-12-3-5-13(19)6-4-12/h3-10,16,20H,2,11H2,1H3/t16-/m0/s1. The van der Waals surface area contributed by atoms with Crippen molar-refractivity contribution in [1.82, 2.24) is 4.90 Å². The Balaban J connectivity index is 1.65. The van der Waals surface area contributed by atoms with Crippen molar-refractivity contribution in [2.75, 3.05) is 11.9 Å². The maximum absolute atomic E-state index is 12.5. The van der Waals surface area contributed by atoms with Crippen LogP contribution < -0.4 is 10.1 Å². The van der Waals surface area contributed by atoms with Crippen LogP contribution in [0.5, 0.6) is 5.75 Å². The summed E-state index contributed by atoms with van der Waals surface area (Å²) in [5, 5.41) is 2.25. The number of nitrogens with one attached hydrogen (secondary N) is 1. The number of rotatable bonds is 6. The molecule has 2 amide bonds. The summed E-state index contributed by atoms with van der Waals surface area (Å²) in [7, 11) is 0. The lowest BCUT2D eigenvalue weighted by Crippen LogP contribution is -2.33. The second-order valence-corrected chi connectivity index (χ2v) is 7.39. The maximum atomic E-state index is 12.5. The fourth-order valence-electron chi connectivity index (χ4n) is 2.42. The van der Waals surface area contributed by atoms with Crippen LogP contribution in [0.15, 0.2) is 53.0 Å². The minimum atomic E-state index is -0.610. The van der Waals surface area contributed by atoms with Crippen LogP contribution in [0.3, 0.4) is 0 Å². The minimum absolute atomic E-state index is 0.230. The number of hydrogen-bond donors (Lipinski definition) is 1. The summed E-state index contributed by atoms with van der Waals surface area (Å²) >= 11 is 4.37. The molecule has 25 heavy (non-hydrogen) atoms. The molecule has 2 aromatic carbocycles. The largest absolute Gasteiger partial charge is 0.494 e. The van der Waals surface area contributed by atoms with Crippen LogP contribution in [0.25, 0.3) is 0 Å². The first-order valence-electron chi connectivity index (χ1n) is 7.82. The Kier molecular flexibility index (Phi) is 5.65. The molecular formula is C18H17BrN2O3S. The average Bonchev–Trinajstić information content (AvgIpc) is 2.86. The van der Waals surface area contributed by atoms with E-state index < -0.39 is 5.37 Å². The van der Waals surface area contributed by atoms with Gasteiger partial charge in [0, 0.05) is 10.2 Å². The topological polar surface area (TPSA) is 58.6 Å². The summed E-state index contributed by atoms with van der Waals surface area (Å²) in [4.78, 5) is 26.0. The van der Waals surface area contributed by atoms with Gasteiger partial charge in [-0.05, 0) is 60.6 Å². The van der Waals surface area contributed by atoms with Gasteiger partial charge in [-0.3, -0.25) is 14.5 Å².